The van der Waals surface area contributed by atoms with E-state index < -0.39 is 12.8 Å². The summed E-state index contributed by atoms with van der Waals surface area (Å²) >= 11 is 1.39. The summed E-state index contributed by atoms with van der Waals surface area (Å²) in [6.07, 6.45) is -0.917. The standard InChI is InChI=1S/C7H9FOS/c1-5-2-3-10-7(5)6(9)4-8/h2-3,6,9H,4H2,1H3. The van der Waals surface area contributed by atoms with Crippen molar-refractivity contribution in [1.82, 2.24) is 0 Å². The Morgan fingerprint density at radius 2 is 2.50 bits per heavy atom. The van der Waals surface area contributed by atoms with Crippen LogP contribution in [0.2, 0.25) is 0 Å². The van der Waals surface area contributed by atoms with Gasteiger partial charge < -0.3 is 5.11 Å². The minimum atomic E-state index is -0.917. The van der Waals surface area contributed by atoms with Gasteiger partial charge in [-0.25, -0.2) is 4.39 Å². The molecule has 1 unspecified atom stereocenters. The molecule has 0 spiro atoms. The summed E-state index contributed by atoms with van der Waals surface area (Å²) in [6.45, 7) is 1.17. The predicted octanol–water partition coefficient (Wildman–Crippen LogP) is 2.06. The first kappa shape index (κ1) is 7.69. The van der Waals surface area contributed by atoms with Crippen molar-refractivity contribution in [2.24, 2.45) is 0 Å². The van der Waals surface area contributed by atoms with Gasteiger partial charge in [0, 0.05) is 4.88 Å². The lowest BCUT2D eigenvalue weighted by molar-refractivity contribution is 0.144. The molecule has 0 bridgehead atoms. The molecule has 3 heteroatoms. The first-order valence-electron chi connectivity index (χ1n) is 3.03. The van der Waals surface area contributed by atoms with Crippen LogP contribution in [0.5, 0.6) is 0 Å². The number of hydrogen-bond donors (Lipinski definition) is 1. The fourth-order valence-corrected chi connectivity index (χ4v) is 1.69. The zero-order valence-corrected chi connectivity index (χ0v) is 6.49. The Morgan fingerprint density at radius 1 is 1.80 bits per heavy atom. The molecule has 0 aliphatic rings. The lowest BCUT2D eigenvalue weighted by atomic mass is 10.2. The normalized spacial score (nSPS) is 13.5. The van der Waals surface area contributed by atoms with Crippen LogP contribution in [0.3, 0.4) is 0 Å². The van der Waals surface area contributed by atoms with Crippen LogP contribution >= 0.6 is 11.3 Å². The van der Waals surface area contributed by atoms with Crippen molar-refractivity contribution in [1.29, 1.82) is 0 Å². The van der Waals surface area contributed by atoms with Crippen LogP contribution in [-0.2, 0) is 0 Å². The quantitative estimate of drug-likeness (QED) is 0.702. The van der Waals surface area contributed by atoms with E-state index in [1.807, 2.05) is 18.4 Å². The highest BCUT2D eigenvalue weighted by molar-refractivity contribution is 7.10. The summed E-state index contributed by atoms with van der Waals surface area (Å²) in [5, 5.41) is 10.9. The molecule has 56 valence electrons. The van der Waals surface area contributed by atoms with Crippen LogP contribution in [0.4, 0.5) is 4.39 Å². The summed E-state index contributed by atoms with van der Waals surface area (Å²) in [6, 6.07) is 1.87. The summed E-state index contributed by atoms with van der Waals surface area (Å²) in [5.74, 6) is 0. The van der Waals surface area contributed by atoms with E-state index in [-0.39, 0.29) is 0 Å². The molecule has 0 radical (unpaired) electrons. The van der Waals surface area contributed by atoms with Gasteiger partial charge in [0.05, 0.1) is 0 Å². The molecule has 0 saturated heterocycles. The molecule has 10 heavy (non-hydrogen) atoms. The molecule has 1 aromatic heterocycles. The summed E-state index contributed by atoms with van der Waals surface area (Å²) in [7, 11) is 0. The second-order valence-electron chi connectivity index (χ2n) is 2.14. The van der Waals surface area contributed by atoms with E-state index in [0.717, 1.165) is 10.4 Å². The molecule has 0 saturated carbocycles. The van der Waals surface area contributed by atoms with Gasteiger partial charge in [0.2, 0.25) is 0 Å². The lowest BCUT2D eigenvalue weighted by Crippen LogP contribution is -1.97. The van der Waals surface area contributed by atoms with E-state index in [0.29, 0.717) is 0 Å². The van der Waals surface area contributed by atoms with Crippen molar-refractivity contribution in [3.05, 3.63) is 21.9 Å². The number of aliphatic hydroxyl groups is 1. The Balaban J connectivity index is 2.82. The van der Waals surface area contributed by atoms with Gasteiger partial charge in [-0.2, -0.15) is 0 Å². The second-order valence-corrected chi connectivity index (χ2v) is 3.09. The highest BCUT2D eigenvalue weighted by Crippen LogP contribution is 2.23. The van der Waals surface area contributed by atoms with Crippen LogP contribution in [0.1, 0.15) is 16.5 Å². The number of alkyl halides is 1. The largest absolute Gasteiger partial charge is 0.385 e. The molecule has 1 aromatic rings. The van der Waals surface area contributed by atoms with E-state index in [1.165, 1.54) is 11.3 Å². The van der Waals surface area contributed by atoms with Gasteiger partial charge in [-0.05, 0) is 23.9 Å². The minimum Gasteiger partial charge on any atom is -0.385 e. The van der Waals surface area contributed by atoms with Gasteiger partial charge in [-0.1, -0.05) is 0 Å². The smallest absolute Gasteiger partial charge is 0.120 e. The fraction of sp³-hybridized carbons (Fsp3) is 0.429. The number of hydrogen-bond acceptors (Lipinski definition) is 2. The first-order valence-corrected chi connectivity index (χ1v) is 3.91. The molecule has 0 fully saturated rings. The number of rotatable bonds is 2. The van der Waals surface area contributed by atoms with Gasteiger partial charge in [-0.15, -0.1) is 11.3 Å². The highest BCUT2D eigenvalue weighted by atomic mass is 32.1. The number of thiophene rings is 1. The van der Waals surface area contributed by atoms with E-state index in [1.54, 1.807) is 0 Å². The van der Waals surface area contributed by atoms with Gasteiger partial charge in [0.1, 0.15) is 12.8 Å². The van der Waals surface area contributed by atoms with Crippen LogP contribution < -0.4 is 0 Å². The molecule has 0 aliphatic carbocycles. The SMILES string of the molecule is Cc1ccsc1C(O)CF. The minimum absolute atomic E-state index is 0.693. The molecule has 1 atom stereocenters. The van der Waals surface area contributed by atoms with E-state index in [9.17, 15) is 4.39 Å². The van der Waals surface area contributed by atoms with Crippen molar-refractivity contribution < 1.29 is 9.50 Å². The molecule has 0 amide bonds. The number of halogens is 1. The molecule has 0 aliphatic heterocycles. The lowest BCUT2D eigenvalue weighted by Gasteiger charge is -2.02. The van der Waals surface area contributed by atoms with Crippen LogP contribution in [0.25, 0.3) is 0 Å². The monoisotopic (exact) mass is 160 g/mol. The average Bonchev–Trinajstić information content (AvgIpc) is 2.34. The second kappa shape index (κ2) is 3.12. The maximum absolute atomic E-state index is 11.9. The third-order valence-electron chi connectivity index (χ3n) is 1.35. The summed E-state index contributed by atoms with van der Waals surface area (Å²) in [5.41, 5.74) is 0.968. The fourth-order valence-electron chi connectivity index (χ4n) is 0.796. The average molecular weight is 160 g/mol. The Hall–Kier alpha value is -0.410. The van der Waals surface area contributed by atoms with E-state index in [4.69, 9.17) is 5.11 Å². The van der Waals surface area contributed by atoms with Crippen molar-refractivity contribution in [3.8, 4) is 0 Å². The zero-order valence-electron chi connectivity index (χ0n) is 5.67. The number of aryl methyl sites for hydroxylation is 1. The maximum atomic E-state index is 11.9. The number of aliphatic hydroxyl groups excluding tert-OH is 1. The molecule has 0 aromatic carbocycles. The van der Waals surface area contributed by atoms with Crippen LogP contribution in [0.15, 0.2) is 11.4 Å². The summed E-state index contributed by atoms with van der Waals surface area (Å²) in [4.78, 5) is 0.738. The van der Waals surface area contributed by atoms with Gasteiger partial charge in [0.15, 0.2) is 0 Å². The zero-order chi connectivity index (χ0) is 7.56. The van der Waals surface area contributed by atoms with E-state index >= 15 is 0 Å². The Kier molecular flexibility index (Phi) is 2.40. The third-order valence-corrected chi connectivity index (χ3v) is 2.47. The Labute approximate surface area is 63.1 Å². The van der Waals surface area contributed by atoms with Gasteiger partial charge in [0.25, 0.3) is 0 Å². The van der Waals surface area contributed by atoms with Gasteiger partial charge in [-0.3, -0.25) is 0 Å². The first-order chi connectivity index (χ1) is 4.75. The van der Waals surface area contributed by atoms with Gasteiger partial charge >= 0.3 is 0 Å². The summed E-state index contributed by atoms with van der Waals surface area (Å²) < 4.78 is 11.9. The molecule has 1 N–H and O–H groups in total. The third kappa shape index (κ3) is 1.36. The Morgan fingerprint density at radius 3 is 2.90 bits per heavy atom. The molecule has 1 nitrogen and oxygen atoms in total. The molecule has 1 rings (SSSR count). The van der Waals surface area contributed by atoms with E-state index in [2.05, 4.69) is 0 Å². The Bertz CT molecular complexity index is 209. The van der Waals surface area contributed by atoms with Crippen molar-refractivity contribution >= 4 is 11.3 Å². The molecule has 1 heterocycles. The van der Waals surface area contributed by atoms with Crippen molar-refractivity contribution in [3.63, 3.8) is 0 Å². The predicted molar refractivity (Wildman–Crippen MR) is 40.0 cm³/mol. The topological polar surface area (TPSA) is 20.2 Å². The molecular formula is C7H9FOS. The van der Waals surface area contributed by atoms with Crippen LogP contribution in [-0.4, -0.2) is 11.8 Å². The highest BCUT2D eigenvalue weighted by Gasteiger charge is 2.09. The maximum Gasteiger partial charge on any atom is 0.120 e. The van der Waals surface area contributed by atoms with Crippen LogP contribution in [0, 0.1) is 6.92 Å². The van der Waals surface area contributed by atoms with Crippen molar-refractivity contribution in [2.45, 2.75) is 13.0 Å². The molecular weight excluding hydrogens is 151 g/mol. The van der Waals surface area contributed by atoms with Crippen molar-refractivity contribution in [2.75, 3.05) is 6.67 Å².